The molecule has 0 spiro atoms. The van der Waals surface area contributed by atoms with Gasteiger partial charge in [0.1, 0.15) is 5.82 Å². The number of aryl methyl sites for hydroxylation is 1. The van der Waals surface area contributed by atoms with Gasteiger partial charge in [0, 0.05) is 32.1 Å². The van der Waals surface area contributed by atoms with Crippen LogP contribution in [-0.2, 0) is 10.0 Å². The first kappa shape index (κ1) is 19.6. The van der Waals surface area contributed by atoms with Crippen molar-refractivity contribution in [1.82, 2.24) is 10.3 Å². The molecule has 1 saturated heterocycles. The highest BCUT2D eigenvalue weighted by atomic mass is 32.2. The molecule has 1 atom stereocenters. The Hall–Kier alpha value is -2.19. The number of sulfonamides is 1. The minimum absolute atomic E-state index is 0.142. The van der Waals surface area contributed by atoms with Crippen molar-refractivity contribution in [2.45, 2.75) is 24.7 Å². The zero-order valence-electron chi connectivity index (χ0n) is 15.6. The van der Waals surface area contributed by atoms with E-state index in [1.807, 2.05) is 6.07 Å². The van der Waals surface area contributed by atoms with Crippen LogP contribution < -0.4 is 14.9 Å². The van der Waals surface area contributed by atoms with Gasteiger partial charge in [-0.1, -0.05) is 19.1 Å². The lowest BCUT2D eigenvalue weighted by Crippen LogP contribution is -2.43. The Morgan fingerprint density at radius 3 is 2.44 bits per heavy atom. The lowest BCUT2D eigenvalue weighted by atomic mass is 10.0. The average molecular weight is 393 g/mol. The van der Waals surface area contributed by atoms with E-state index in [0.29, 0.717) is 11.4 Å². The van der Waals surface area contributed by atoms with Crippen molar-refractivity contribution < 1.29 is 12.8 Å². The maximum Gasteiger partial charge on any atom is 0.261 e. The first-order valence-corrected chi connectivity index (χ1v) is 10.5. The fraction of sp³-hybridized carbons (Fsp3) is 0.421. The number of rotatable bonds is 6. The molecule has 1 aliphatic rings. The van der Waals surface area contributed by atoms with Gasteiger partial charge in [-0.15, -0.1) is 0 Å². The predicted molar refractivity (Wildman–Crippen MR) is 106 cm³/mol. The van der Waals surface area contributed by atoms with E-state index >= 15 is 0 Å². The van der Waals surface area contributed by atoms with Gasteiger partial charge in [0.15, 0.2) is 0 Å². The molecule has 8 heteroatoms. The van der Waals surface area contributed by atoms with Crippen molar-refractivity contribution in [3.63, 3.8) is 0 Å². The zero-order chi connectivity index (χ0) is 19.4. The Morgan fingerprint density at radius 1 is 1.19 bits per heavy atom. The van der Waals surface area contributed by atoms with Gasteiger partial charge in [-0.05, 0) is 36.8 Å². The highest BCUT2D eigenvalue weighted by Gasteiger charge is 2.18. The zero-order valence-corrected chi connectivity index (χ0v) is 16.4. The molecule has 0 unspecified atom stereocenters. The maximum absolute atomic E-state index is 12.8. The van der Waals surface area contributed by atoms with E-state index in [9.17, 15) is 12.8 Å². The molecule has 1 aromatic carbocycles. The molecule has 0 aliphatic carbocycles. The van der Waals surface area contributed by atoms with Crippen molar-refractivity contribution in [3.8, 4) is 0 Å². The number of anilines is 2. The van der Waals surface area contributed by atoms with Crippen LogP contribution in [0.15, 0.2) is 41.3 Å². The standard InChI is InChI=1S/C19H25FN4O2S/c1-14(13-20)16-3-5-17(6-4-16)27(25,26)23-18-7-8-19(22-15(18)2)24-11-9-21-10-12-24/h3-8,14,21,23H,9-13H2,1-2H3/t14-/m0/s1. The van der Waals surface area contributed by atoms with Crippen LogP contribution in [0.2, 0.25) is 0 Å². The van der Waals surface area contributed by atoms with Crippen LogP contribution in [0.3, 0.4) is 0 Å². The third-order valence-corrected chi connectivity index (χ3v) is 6.13. The molecule has 146 valence electrons. The molecule has 1 fully saturated rings. The lowest BCUT2D eigenvalue weighted by molar-refractivity contribution is 0.447. The van der Waals surface area contributed by atoms with Crippen LogP contribution in [0.4, 0.5) is 15.9 Å². The summed E-state index contributed by atoms with van der Waals surface area (Å²) in [7, 11) is -3.73. The topological polar surface area (TPSA) is 74.3 Å². The largest absolute Gasteiger partial charge is 0.354 e. The first-order valence-electron chi connectivity index (χ1n) is 9.03. The Labute approximate surface area is 159 Å². The van der Waals surface area contributed by atoms with Gasteiger partial charge >= 0.3 is 0 Å². The Bertz CT molecular complexity index is 881. The number of hydrogen-bond donors (Lipinski definition) is 2. The summed E-state index contributed by atoms with van der Waals surface area (Å²) in [5.74, 6) is 0.597. The quantitative estimate of drug-likeness (QED) is 0.791. The molecule has 3 rings (SSSR count). The number of pyridine rings is 1. The Kier molecular flexibility index (Phi) is 5.96. The van der Waals surface area contributed by atoms with Crippen LogP contribution in [0.1, 0.15) is 24.1 Å². The summed E-state index contributed by atoms with van der Waals surface area (Å²) < 4.78 is 40.7. The van der Waals surface area contributed by atoms with Crippen molar-refractivity contribution in [3.05, 3.63) is 47.7 Å². The number of piperazine rings is 1. The van der Waals surface area contributed by atoms with Crippen LogP contribution in [0.25, 0.3) is 0 Å². The third-order valence-electron chi connectivity index (χ3n) is 4.75. The number of hydrogen-bond acceptors (Lipinski definition) is 5. The third kappa shape index (κ3) is 4.56. The number of aromatic nitrogens is 1. The van der Waals surface area contributed by atoms with E-state index < -0.39 is 16.7 Å². The summed E-state index contributed by atoms with van der Waals surface area (Å²) in [6.45, 7) is 6.64. The van der Waals surface area contributed by atoms with E-state index in [4.69, 9.17) is 0 Å². The normalized spacial score (nSPS) is 16.2. The molecule has 6 nitrogen and oxygen atoms in total. The second kappa shape index (κ2) is 8.22. The molecule has 2 N–H and O–H groups in total. The molecular weight excluding hydrogens is 367 g/mol. The second-order valence-corrected chi connectivity index (χ2v) is 8.45. The smallest absolute Gasteiger partial charge is 0.261 e. The predicted octanol–water partition coefficient (Wildman–Crippen LogP) is 2.67. The summed E-state index contributed by atoms with van der Waals surface area (Å²) in [4.78, 5) is 6.87. The molecule has 2 aromatic rings. The summed E-state index contributed by atoms with van der Waals surface area (Å²) in [5, 5.41) is 3.29. The van der Waals surface area contributed by atoms with Crippen LogP contribution in [0.5, 0.6) is 0 Å². The van der Waals surface area contributed by atoms with Crippen molar-refractivity contribution in [1.29, 1.82) is 0 Å². The molecular formula is C19H25FN4O2S. The SMILES string of the molecule is Cc1nc(N2CCNCC2)ccc1NS(=O)(=O)c1ccc([C@@H](C)CF)cc1. The van der Waals surface area contributed by atoms with E-state index in [1.165, 1.54) is 12.1 Å². The van der Waals surface area contributed by atoms with Gasteiger partial charge < -0.3 is 10.2 Å². The Morgan fingerprint density at radius 2 is 1.85 bits per heavy atom. The van der Waals surface area contributed by atoms with Gasteiger partial charge in [-0.3, -0.25) is 9.11 Å². The molecule has 0 bridgehead atoms. The number of benzene rings is 1. The summed E-state index contributed by atoms with van der Waals surface area (Å²) in [6.07, 6.45) is 0. The van der Waals surface area contributed by atoms with E-state index in [1.54, 1.807) is 32.0 Å². The molecule has 1 aromatic heterocycles. The average Bonchev–Trinajstić information content (AvgIpc) is 2.69. The fourth-order valence-corrected chi connectivity index (χ4v) is 4.11. The van der Waals surface area contributed by atoms with Gasteiger partial charge in [-0.25, -0.2) is 13.4 Å². The van der Waals surface area contributed by atoms with Crippen LogP contribution in [-0.4, -0.2) is 46.3 Å². The van der Waals surface area contributed by atoms with E-state index in [0.717, 1.165) is 37.6 Å². The molecule has 2 heterocycles. The molecule has 1 aliphatic heterocycles. The summed E-state index contributed by atoms with van der Waals surface area (Å²) in [6, 6.07) is 9.89. The Balaban J connectivity index is 1.77. The molecule has 0 radical (unpaired) electrons. The minimum atomic E-state index is -3.73. The van der Waals surface area contributed by atoms with Crippen molar-refractivity contribution >= 4 is 21.5 Å². The van der Waals surface area contributed by atoms with E-state index in [2.05, 4.69) is 19.9 Å². The van der Waals surface area contributed by atoms with E-state index in [-0.39, 0.29) is 10.8 Å². The number of nitrogens with zero attached hydrogens (tertiary/aromatic N) is 2. The van der Waals surface area contributed by atoms with Crippen LogP contribution in [0, 0.1) is 6.92 Å². The molecule has 0 amide bonds. The maximum atomic E-state index is 12.8. The first-order chi connectivity index (χ1) is 12.9. The number of halogens is 1. The fourth-order valence-electron chi connectivity index (χ4n) is 2.99. The van der Waals surface area contributed by atoms with Gasteiger partial charge in [0.05, 0.1) is 23.0 Å². The second-order valence-electron chi connectivity index (χ2n) is 6.77. The summed E-state index contributed by atoms with van der Waals surface area (Å²) >= 11 is 0. The van der Waals surface area contributed by atoms with Gasteiger partial charge in [-0.2, -0.15) is 0 Å². The highest BCUT2D eigenvalue weighted by Crippen LogP contribution is 2.23. The number of nitrogens with one attached hydrogen (secondary N) is 2. The number of alkyl halides is 1. The molecule has 27 heavy (non-hydrogen) atoms. The van der Waals surface area contributed by atoms with Crippen molar-refractivity contribution in [2.75, 3.05) is 42.5 Å². The minimum Gasteiger partial charge on any atom is -0.354 e. The van der Waals surface area contributed by atoms with Gasteiger partial charge in [0.25, 0.3) is 10.0 Å². The van der Waals surface area contributed by atoms with Crippen molar-refractivity contribution in [2.24, 2.45) is 0 Å². The summed E-state index contributed by atoms with van der Waals surface area (Å²) in [5.41, 5.74) is 1.85. The lowest BCUT2D eigenvalue weighted by Gasteiger charge is -2.28. The molecule has 0 saturated carbocycles. The van der Waals surface area contributed by atoms with Gasteiger partial charge in [0.2, 0.25) is 0 Å². The van der Waals surface area contributed by atoms with Crippen LogP contribution >= 0.6 is 0 Å². The monoisotopic (exact) mass is 392 g/mol. The highest BCUT2D eigenvalue weighted by molar-refractivity contribution is 7.92.